The quantitative estimate of drug-likeness (QED) is 0.810. The Balaban J connectivity index is 2.94. The van der Waals surface area contributed by atoms with E-state index in [1.54, 1.807) is 0 Å². The SMILES string of the molecule is CCOC(C)(C)C(=O)Cc1c(Br)c(C)nn1CC. The lowest BCUT2D eigenvalue weighted by Gasteiger charge is -2.23. The van der Waals surface area contributed by atoms with Crippen LogP contribution in [0.25, 0.3) is 0 Å². The van der Waals surface area contributed by atoms with Gasteiger partial charge < -0.3 is 4.74 Å². The predicted molar refractivity (Wildman–Crippen MR) is 74.8 cm³/mol. The minimum absolute atomic E-state index is 0.0691. The van der Waals surface area contributed by atoms with Crippen LogP contribution in [-0.4, -0.2) is 27.8 Å². The third kappa shape index (κ3) is 3.20. The van der Waals surface area contributed by atoms with Gasteiger partial charge in [0.15, 0.2) is 5.78 Å². The molecular weight excluding hydrogens is 296 g/mol. The molecule has 0 unspecified atom stereocenters. The van der Waals surface area contributed by atoms with Crippen molar-refractivity contribution in [2.45, 2.75) is 53.2 Å². The number of ether oxygens (including phenoxy) is 1. The molecule has 0 radical (unpaired) electrons. The third-order valence-electron chi connectivity index (χ3n) is 2.96. The molecule has 0 aliphatic heterocycles. The molecule has 18 heavy (non-hydrogen) atoms. The van der Waals surface area contributed by atoms with Gasteiger partial charge in [-0.3, -0.25) is 9.48 Å². The van der Waals surface area contributed by atoms with E-state index in [9.17, 15) is 4.79 Å². The molecule has 5 heteroatoms. The van der Waals surface area contributed by atoms with Gasteiger partial charge in [0, 0.05) is 13.2 Å². The van der Waals surface area contributed by atoms with E-state index in [1.807, 2.05) is 39.3 Å². The summed E-state index contributed by atoms with van der Waals surface area (Å²) in [7, 11) is 0. The van der Waals surface area contributed by atoms with Crippen molar-refractivity contribution in [3.63, 3.8) is 0 Å². The summed E-state index contributed by atoms with van der Waals surface area (Å²) in [6, 6.07) is 0. The van der Waals surface area contributed by atoms with Crippen molar-refractivity contribution in [2.75, 3.05) is 6.61 Å². The second-order valence-electron chi connectivity index (χ2n) is 4.71. The number of aryl methyl sites for hydroxylation is 2. The first-order valence-corrected chi connectivity index (χ1v) is 7.01. The summed E-state index contributed by atoms with van der Waals surface area (Å²) >= 11 is 3.50. The van der Waals surface area contributed by atoms with Crippen molar-refractivity contribution in [3.05, 3.63) is 15.9 Å². The van der Waals surface area contributed by atoms with Crippen molar-refractivity contribution in [1.29, 1.82) is 0 Å². The lowest BCUT2D eigenvalue weighted by atomic mass is 9.99. The fraction of sp³-hybridized carbons (Fsp3) is 0.692. The highest BCUT2D eigenvalue weighted by atomic mass is 79.9. The number of rotatable bonds is 6. The van der Waals surface area contributed by atoms with E-state index >= 15 is 0 Å². The summed E-state index contributed by atoms with van der Waals surface area (Å²) in [5.41, 5.74) is 1.09. The Kier molecular flexibility index (Phi) is 5.10. The highest BCUT2D eigenvalue weighted by Crippen LogP contribution is 2.24. The number of carbonyl (C=O) groups is 1. The number of ketones is 1. The van der Waals surface area contributed by atoms with Crippen LogP contribution in [0, 0.1) is 6.92 Å². The zero-order valence-electron chi connectivity index (χ0n) is 11.7. The summed E-state index contributed by atoms with van der Waals surface area (Å²) in [5, 5.41) is 4.39. The van der Waals surface area contributed by atoms with Gasteiger partial charge in [-0.15, -0.1) is 0 Å². The molecule has 1 aromatic rings. The Morgan fingerprint density at radius 3 is 2.56 bits per heavy atom. The van der Waals surface area contributed by atoms with Gasteiger partial charge in [-0.05, 0) is 50.5 Å². The number of halogens is 1. The zero-order valence-corrected chi connectivity index (χ0v) is 13.3. The molecule has 1 heterocycles. The standard InChI is InChI=1S/C13H21BrN2O2/c1-6-16-10(12(14)9(3)15-16)8-11(17)13(4,5)18-7-2/h6-8H2,1-5H3. The highest BCUT2D eigenvalue weighted by molar-refractivity contribution is 9.10. The largest absolute Gasteiger partial charge is 0.368 e. The zero-order chi connectivity index (χ0) is 13.9. The topological polar surface area (TPSA) is 44.1 Å². The molecule has 0 aliphatic rings. The number of aromatic nitrogens is 2. The molecule has 0 N–H and O–H groups in total. The van der Waals surface area contributed by atoms with Crippen molar-refractivity contribution in [3.8, 4) is 0 Å². The Morgan fingerprint density at radius 1 is 1.44 bits per heavy atom. The van der Waals surface area contributed by atoms with Crippen molar-refractivity contribution >= 4 is 21.7 Å². The van der Waals surface area contributed by atoms with Crippen LogP contribution >= 0.6 is 15.9 Å². The van der Waals surface area contributed by atoms with E-state index < -0.39 is 5.60 Å². The average molecular weight is 317 g/mol. The molecule has 0 saturated heterocycles. The molecule has 0 aromatic carbocycles. The van der Waals surface area contributed by atoms with Gasteiger partial charge in [-0.1, -0.05) is 0 Å². The second kappa shape index (κ2) is 5.97. The highest BCUT2D eigenvalue weighted by Gasteiger charge is 2.29. The molecule has 0 atom stereocenters. The maximum Gasteiger partial charge on any atom is 0.169 e. The summed E-state index contributed by atoms with van der Waals surface area (Å²) in [6.07, 6.45) is 0.336. The number of nitrogens with zero attached hydrogens (tertiary/aromatic N) is 2. The normalized spacial score (nSPS) is 11.9. The summed E-state index contributed by atoms with van der Waals surface area (Å²) in [5.74, 6) is 0.0691. The molecule has 0 fully saturated rings. The van der Waals surface area contributed by atoms with Crippen molar-refractivity contribution < 1.29 is 9.53 Å². The average Bonchev–Trinajstić information content (AvgIpc) is 2.56. The molecule has 102 valence electrons. The first-order chi connectivity index (χ1) is 8.33. The third-order valence-corrected chi connectivity index (χ3v) is 3.99. The van der Waals surface area contributed by atoms with Crippen molar-refractivity contribution in [1.82, 2.24) is 9.78 Å². The maximum absolute atomic E-state index is 12.3. The minimum atomic E-state index is -0.745. The molecular formula is C13H21BrN2O2. The predicted octanol–water partition coefficient (Wildman–Crippen LogP) is 2.90. The molecule has 0 bridgehead atoms. The minimum Gasteiger partial charge on any atom is -0.368 e. The van der Waals surface area contributed by atoms with Crippen LogP contribution < -0.4 is 0 Å². The maximum atomic E-state index is 12.3. The van der Waals surface area contributed by atoms with Crippen molar-refractivity contribution in [2.24, 2.45) is 0 Å². The van der Waals surface area contributed by atoms with E-state index in [0.717, 1.165) is 22.4 Å². The molecule has 0 amide bonds. The summed E-state index contributed by atoms with van der Waals surface area (Å²) < 4.78 is 8.27. The first kappa shape index (κ1) is 15.4. The first-order valence-electron chi connectivity index (χ1n) is 6.22. The summed E-state index contributed by atoms with van der Waals surface area (Å²) in [6.45, 7) is 10.7. The number of carbonyl (C=O) groups excluding carboxylic acids is 1. The number of hydrogen-bond acceptors (Lipinski definition) is 3. The van der Waals surface area contributed by atoms with E-state index in [1.165, 1.54) is 0 Å². The van der Waals surface area contributed by atoms with E-state index in [4.69, 9.17) is 4.74 Å². The number of Topliss-reactive ketones (excluding diaryl/α,β-unsaturated/α-hetero) is 1. The fourth-order valence-corrected chi connectivity index (χ4v) is 2.27. The van der Waals surface area contributed by atoms with Crippen LogP contribution in [0.2, 0.25) is 0 Å². The van der Waals surface area contributed by atoms with Gasteiger partial charge in [-0.2, -0.15) is 5.10 Å². The van der Waals surface area contributed by atoms with Crippen LogP contribution in [0.5, 0.6) is 0 Å². The Hall–Kier alpha value is -0.680. The van der Waals surface area contributed by atoms with Gasteiger partial charge in [0.05, 0.1) is 22.3 Å². The monoisotopic (exact) mass is 316 g/mol. The molecule has 0 aliphatic carbocycles. The van der Waals surface area contributed by atoms with Crippen LogP contribution in [-0.2, 0) is 22.5 Å². The van der Waals surface area contributed by atoms with E-state index in [0.29, 0.717) is 13.0 Å². The Morgan fingerprint density at radius 2 is 2.06 bits per heavy atom. The van der Waals surface area contributed by atoms with Gasteiger partial charge in [-0.25, -0.2) is 0 Å². The van der Waals surface area contributed by atoms with Crippen LogP contribution in [0.15, 0.2) is 4.47 Å². The Labute approximate surface area is 117 Å². The summed E-state index contributed by atoms with van der Waals surface area (Å²) in [4.78, 5) is 12.3. The van der Waals surface area contributed by atoms with Crippen LogP contribution in [0.3, 0.4) is 0 Å². The van der Waals surface area contributed by atoms with Crippen LogP contribution in [0.1, 0.15) is 39.1 Å². The Bertz CT molecular complexity index is 438. The van der Waals surface area contributed by atoms with Gasteiger partial charge >= 0.3 is 0 Å². The molecule has 1 aromatic heterocycles. The van der Waals surface area contributed by atoms with Gasteiger partial charge in [0.2, 0.25) is 0 Å². The van der Waals surface area contributed by atoms with E-state index in [2.05, 4.69) is 21.0 Å². The van der Waals surface area contributed by atoms with Crippen LogP contribution in [0.4, 0.5) is 0 Å². The second-order valence-corrected chi connectivity index (χ2v) is 5.50. The lowest BCUT2D eigenvalue weighted by molar-refractivity contribution is -0.139. The molecule has 1 rings (SSSR count). The fourth-order valence-electron chi connectivity index (χ4n) is 1.84. The smallest absolute Gasteiger partial charge is 0.169 e. The molecule has 0 spiro atoms. The van der Waals surface area contributed by atoms with Gasteiger partial charge in [0.25, 0.3) is 0 Å². The molecule has 4 nitrogen and oxygen atoms in total. The van der Waals surface area contributed by atoms with Gasteiger partial charge in [0.1, 0.15) is 5.60 Å². The van der Waals surface area contributed by atoms with E-state index in [-0.39, 0.29) is 5.78 Å². The lowest BCUT2D eigenvalue weighted by Crippen LogP contribution is -2.36. The molecule has 0 saturated carbocycles. The number of hydrogen-bond donors (Lipinski definition) is 0.